The Kier molecular flexibility index (Phi) is 3.87. The van der Waals surface area contributed by atoms with Gasteiger partial charge in [0.05, 0.1) is 0 Å². The molecule has 0 aliphatic rings. The minimum absolute atomic E-state index is 0.928. The third-order valence-electron chi connectivity index (χ3n) is 1.53. The van der Waals surface area contributed by atoms with Crippen LogP contribution in [0.25, 0.3) is 0 Å². The van der Waals surface area contributed by atoms with Crippen LogP contribution in [0.3, 0.4) is 0 Å². The highest BCUT2D eigenvalue weighted by atomic mass is 32.2. The van der Waals surface area contributed by atoms with Crippen LogP contribution in [-0.2, 0) is 6.42 Å². The van der Waals surface area contributed by atoms with Crippen molar-refractivity contribution in [3.05, 3.63) is 29.8 Å². The highest BCUT2D eigenvalue weighted by Crippen LogP contribution is 2.16. The molecule has 0 bridgehead atoms. The van der Waals surface area contributed by atoms with Gasteiger partial charge in [0.1, 0.15) is 0 Å². The first kappa shape index (κ1) is 9.01. The standard InChI is InChI=1S/C9H12S2/c1-11-9-4-2-3-8(7-9)5-6-10/h2-4,7,10H,5-6H2,1H3. The lowest BCUT2D eigenvalue weighted by Crippen LogP contribution is -1.85. The first-order valence-electron chi connectivity index (χ1n) is 3.60. The minimum atomic E-state index is 0.928. The van der Waals surface area contributed by atoms with Crippen LogP contribution in [0.2, 0.25) is 0 Å². The SMILES string of the molecule is CSc1cccc(CCS)c1. The van der Waals surface area contributed by atoms with Gasteiger partial charge in [-0.3, -0.25) is 0 Å². The molecule has 1 aromatic rings. The summed E-state index contributed by atoms with van der Waals surface area (Å²) in [7, 11) is 0. The number of rotatable bonds is 3. The molecule has 0 heterocycles. The van der Waals surface area contributed by atoms with Crippen molar-refractivity contribution in [1.29, 1.82) is 0 Å². The molecular formula is C9H12S2. The van der Waals surface area contributed by atoms with E-state index in [2.05, 4.69) is 43.2 Å². The molecule has 0 saturated carbocycles. The van der Waals surface area contributed by atoms with Crippen molar-refractivity contribution >= 4 is 24.4 Å². The van der Waals surface area contributed by atoms with Crippen molar-refractivity contribution in [2.75, 3.05) is 12.0 Å². The number of benzene rings is 1. The molecule has 0 radical (unpaired) electrons. The lowest BCUT2D eigenvalue weighted by Gasteiger charge is -1.99. The largest absolute Gasteiger partial charge is 0.179 e. The molecule has 0 nitrogen and oxygen atoms in total. The Hall–Kier alpha value is -0.0800. The molecule has 0 N–H and O–H groups in total. The molecule has 1 rings (SSSR count). The van der Waals surface area contributed by atoms with E-state index in [9.17, 15) is 0 Å². The van der Waals surface area contributed by atoms with Crippen LogP contribution in [0.5, 0.6) is 0 Å². The monoisotopic (exact) mass is 184 g/mol. The number of thioether (sulfide) groups is 1. The summed E-state index contributed by atoms with van der Waals surface area (Å²) in [6.45, 7) is 0. The molecule has 0 unspecified atom stereocenters. The van der Waals surface area contributed by atoms with Gasteiger partial charge in [-0.2, -0.15) is 12.6 Å². The average Bonchev–Trinajstić information content (AvgIpc) is 2.06. The van der Waals surface area contributed by atoms with Crippen molar-refractivity contribution < 1.29 is 0 Å². The van der Waals surface area contributed by atoms with Crippen LogP contribution < -0.4 is 0 Å². The Balaban J connectivity index is 2.74. The summed E-state index contributed by atoms with van der Waals surface area (Å²) in [6, 6.07) is 8.61. The lowest BCUT2D eigenvalue weighted by molar-refractivity contribution is 1.14. The van der Waals surface area contributed by atoms with Crippen LogP contribution in [-0.4, -0.2) is 12.0 Å². The summed E-state index contributed by atoms with van der Waals surface area (Å²) in [5.74, 6) is 0.928. The molecule has 0 aliphatic carbocycles. The maximum atomic E-state index is 4.19. The minimum Gasteiger partial charge on any atom is -0.179 e. The van der Waals surface area contributed by atoms with Crippen LogP contribution >= 0.6 is 24.4 Å². The number of aryl methyl sites for hydroxylation is 1. The molecule has 0 fully saturated rings. The van der Waals surface area contributed by atoms with Crippen LogP contribution in [0.4, 0.5) is 0 Å². The van der Waals surface area contributed by atoms with E-state index in [4.69, 9.17) is 0 Å². The molecule has 2 heteroatoms. The topological polar surface area (TPSA) is 0 Å². The number of hydrogen-bond donors (Lipinski definition) is 1. The van der Waals surface area contributed by atoms with E-state index in [1.165, 1.54) is 10.5 Å². The van der Waals surface area contributed by atoms with E-state index in [0.29, 0.717) is 0 Å². The Morgan fingerprint density at radius 3 is 2.91 bits per heavy atom. The van der Waals surface area contributed by atoms with Gasteiger partial charge in [0.2, 0.25) is 0 Å². The van der Waals surface area contributed by atoms with Gasteiger partial charge in [-0.25, -0.2) is 0 Å². The van der Waals surface area contributed by atoms with Gasteiger partial charge in [-0.15, -0.1) is 11.8 Å². The third-order valence-corrected chi connectivity index (χ3v) is 2.48. The second-order valence-electron chi connectivity index (χ2n) is 2.33. The van der Waals surface area contributed by atoms with E-state index < -0.39 is 0 Å². The summed E-state index contributed by atoms with van der Waals surface area (Å²) >= 11 is 5.97. The Bertz CT molecular complexity index is 221. The predicted octanol–water partition coefficient (Wildman–Crippen LogP) is 2.88. The summed E-state index contributed by atoms with van der Waals surface area (Å²) in [5, 5.41) is 0. The second kappa shape index (κ2) is 4.73. The summed E-state index contributed by atoms with van der Waals surface area (Å²) in [4.78, 5) is 1.34. The van der Waals surface area contributed by atoms with Crippen LogP contribution in [0, 0.1) is 0 Å². The Morgan fingerprint density at radius 2 is 2.27 bits per heavy atom. The summed E-state index contributed by atoms with van der Waals surface area (Å²) in [6.07, 6.45) is 3.16. The zero-order valence-corrected chi connectivity index (χ0v) is 8.29. The normalized spacial score (nSPS) is 10.0. The highest BCUT2D eigenvalue weighted by Gasteiger charge is 1.92. The smallest absolute Gasteiger partial charge is 0.00718 e. The molecule has 0 spiro atoms. The molecule has 11 heavy (non-hydrogen) atoms. The fourth-order valence-electron chi connectivity index (χ4n) is 0.957. The maximum absolute atomic E-state index is 4.19. The first-order chi connectivity index (χ1) is 5.36. The first-order valence-corrected chi connectivity index (χ1v) is 5.46. The number of hydrogen-bond acceptors (Lipinski definition) is 2. The Labute approximate surface area is 77.8 Å². The van der Waals surface area contributed by atoms with Gasteiger partial charge in [0.25, 0.3) is 0 Å². The van der Waals surface area contributed by atoms with Gasteiger partial charge < -0.3 is 0 Å². The quantitative estimate of drug-likeness (QED) is 0.557. The molecule has 1 aromatic carbocycles. The zero-order chi connectivity index (χ0) is 8.10. The maximum Gasteiger partial charge on any atom is 0.00718 e. The van der Waals surface area contributed by atoms with Crippen molar-refractivity contribution in [2.45, 2.75) is 11.3 Å². The van der Waals surface area contributed by atoms with Gasteiger partial charge in [-0.05, 0) is 36.1 Å². The Morgan fingerprint density at radius 1 is 1.45 bits per heavy atom. The zero-order valence-electron chi connectivity index (χ0n) is 6.58. The van der Waals surface area contributed by atoms with E-state index in [0.717, 1.165) is 12.2 Å². The molecule has 0 aromatic heterocycles. The van der Waals surface area contributed by atoms with Gasteiger partial charge >= 0.3 is 0 Å². The van der Waals surface area contributed by atoms with E-state index in [1.807, 2.05) is 0 Å². The fraction of sp³-hybridized carbons (Fsp3) is 0.333. The van der Waals surface area contributed by atoms with E-state index in [-0.39, 0.29) is 0 Å². The fourth-order valence-corrected chi connectivity index (χ4v) is 1.70. The third kappa shape index (κ3) is 2.80. The van der Waals surface area contributed by atoms with Crippen molar-refractivity contribution in [1.82, 2.24) is 0 Å². The van der Waals surface area contributed by atoms with Crippen LogP contribution in [0.1, 0.15) is 5.56 Å². The second-order valence-corrected chi connectivity index (χ2v) is 3.65. The van der Waals surface area contributed by atoms with E-state index in [1.54, 1.807) is 11.8 Å². The lowest BCUT2D eigenvalue weighted by atomic mass is 10.2. The molecule has 0 aliphatic heterocycles. The number of thiol groups is 1. The predicted molar refractivity (Wildman–Crippen MR) is 55.8 cm³/mol. The molecule has 60 valence electrons. The summed E-state index contributed by atoms with van der Waals surface area (Å²) < 4.78 is 0. The van der Waals surface area contributed by atoms with Gasteiger partial charge in [-0.1, -0.05) is 12.1 Å². The molecule has 0 atom stereocenters. The van der Waals surface area contributed by atoms with Crippen molar-refractivity contribution in [2.24, 2.45) is 0 Å². The van der Waals surface area contributed by atoms with E-state index >= 15 is 0 Å². The summed E-state index contributed by atoms with van der Waals surface area (Å²) in [5.41, 5.74) is 1.38. The molecular weight excluding hydrogens is 172 g/mol. The highest BCUT2D eigenvalue weighted by molar-refractivity contribution is 7.98. The average molecular weight is 184 g/mol. The van der Waals surface area contributed by atoms with Gasteiger partial charge in [0.15, 0.2) is 0 Å². The van der Waals surface area contributed by atoms with Gasteiger partial charge in [0, 0.05) is 4.90 Å². The molecule has 0 amide bonds. The van der Waals surface area contributed by atoms with Crippen LogP contribution in [0.15, 0.2) is 29.2 Å². The van der Waals surface area contributed by atoms with Crippen molar-refractivity contribution in [3.8, 4) is 0 Å². The molecule has 0 saturated heterocycles. The van der Waals surface area contributed by atoms with Crippen molar-refractivity contribution in [3.63, 3.8) is 0 Å².